The molecule has 1 N–H and O–H groups in total. The van der Waals surface area contributed by atoms with E-state index in [0.717, 1.165) is 5.56 Å². The molecule has 1 nitrogen and oxygen atoms in total. The van der Waals surface area contributed by atoms with Crippen molar-refractivity contribution < 1.29 is 31.3 Å². The van der Waals surface area contributed by atoms with E-state index < -0.39 is 0 Å². The summed E-state index contributed by atoms with van der Waals surface area (Å²) < 4.78 is 0. The van der Waals surface area contributed by atoms with Crippen LogP contribution in [0.25, 0.3) is 0 Å². The minimum absolute atomic E-state index is 0. The van der Waals surface area contributed by atoms with Crippen LogP contribution in [0.4, 0.5) is 0 Å². The Morgan fingerprint density at radius 1 is 1.17 bits per heavy atom. The van der Waals surface area contributed by atoms with Crippen LogP contribution in [0.1, 0.15) is 26.3 Å². The minimum Gasteiger partial charge on any atom is -0.508 e. The predicted octanol–water partition coefficient (Wildman–Crippen LogP) is 2.69. The van der Waals surface area contributed by atoms with Crippen molar-refractivity contribution >= 4 is 0 Å². The first-order valence-electron chi connectivity index (χ1n) is 3.79. The van der Waals surface area contributed by atoms with Crippen LogP contribution in [0.3, 0.4) is 0 Å². The fourth-order valence-electron chi connectivity index (χ4n) is 0.972. The van der Waals surface area contributed by atoms with E-state index in [1.54, 1.807) is 12.1 Å². The smallest absolute Gasteiger partial charge is 0.115 e. The Morgan fingerprint density at radius 2 is 1.75 bits per heavy atom. The molecule has 0 amide bonds. The number of rotatable bonds is 0. The molecule has 2 heteroatoms. The van der Waals surface area contributed by atoms with Gasteiger partial charge in [-0.15, -0.1) is 0 Å². The molecule has 0 heterocycles. The Labute approximate surface area is 92.9 Å². The average molecular weight is 241 g/mol. The van der Waals surface area contributed by atoms with Gasteiger partial charge in [0.2, 0.25) is 0 Å². The van der Waals surface area contributed by atoms with Crippen LogP contribution in [0.5, 0.6) is 5.75 Å². The van der Waals surface area contributed by atoms with Gasteiger partial charge in [-0.05, 0) is 23.1 Å². The molecule has 0 aliphatic rings. The van der Waals surface area contributed by atoms with Gasteiger partial charge in [0.1, 0.15) is 5.75 Å². The quantitative estimate of drug-likeness (QED) is 0.740. The van der Waals surface area contributed by atoms with Crippen molar-refractivity contribution in [2.45, 2.75) is 26.2 Å². The molecule has 1 rings (SSSR count). The second kappa shape index (κ2) is 4.23. The van der Waals surface area contributed by atoms with Gasteiger partial charge >= 0.3 is 0 Å². The van der Waals surface area contributed by atoms with E-state index in [0.29, 0.717) is 5.75 Å². The van der Waals surface area contributed by atoms with E-state index in [4.69, 9.17) is 0 Å². The Hall–Kier alpha value is -0.0969. The maximum atomic E-state index is 9.18. The van der Waals surface area contributed by atoms with Crippen molar-refractivity contribution in [3.63, 3.8) is 0 Å². The summed E-state index contributed by atoms with van der Waals surface area (Å²) in [5.74, 6) is 0.345. The molecule has 0 fully saturated rings. The summed E-state index contributed by atoms with van der Waals surface area (Å²) in [6.07, 6.45) is 0. The maximum Gasteiger partial charge on any atom is 0.115 e. The van der Waals surface area contributed by atoms with Gasteiger partial charge in [-0.25, -0.2) is 0 Å². The molecule has 0 aliphatic carbocycles. The SMILES string of the molecule is CC(C)(C)c1cccc(O)c1.[Zr]. The van der Waals surface area contributed by atoms with Crippen LogP contribution in [0, 0.1) is 0 Å². The van der Waals surface area contributed by atoms with Crippen LogP contribution in [-0.2, 0) is 31.6 Å². The van der Waals surface area contributed by atoms with E-state index in [1.807, 2.05) is 12.1 Å². The van der Waals surface area contributed by atoms with Crippen molar-refractivity contribution in [2.24, 2.45) is 0 Å². The zero-order chi connectivity index (χ0) is 8.48. The second-order valence-electron chi connectivity index (χ2n) is 3.80. The van der Waals surface area contributed by atoms with Crippen LogP contribution in [-0.4, -0.2) is 5.11 Å². The molecule has 12 heavy (non-hydrogen) atoms. The third kappa shape index (κ3) is 3.10. The van der Waals surface area contributed by atoms with E-state index in [2.05, 4.69) is 20.8 Å². The normalized spacial score (nSPS) is 10.6. The van der Waals surface area contributed by atoms with Crippen LogP contribution in [0.2, 0.25) is 0 Å². The summed E-state index contributed by atoms with van der Waals surface area (Å²) in [6, 6.07) is 7.39. The summed E-state index contributed by atoms with van der Waals surface area (Å²) in [4.78, 5) is 0. The average Bonchev–Trinajstić information content (AvgIpc) is 1.86. The third-order valence-electron chi connectivity index (χ3n) is 1.71. The molecule has 0 bridgehead atoms. The largest absolute Gasteiger partial charge is 0.508 e. The number of aromatic hydroxyl groups is 1. The number of phenols is 1. The van der Waals surface area contributed by atoms with Gasteiger partial charge < -0.3 is 5.11 Å². The zero-order valence-electron chi connectivity index (χ0n) is 7.76. The van der Waals surface area contributed by atoms with Crippen molar-refractivity contribution in [1.29, 1.82) is 0 Å². The maximum absolute atomic E-state index is 9.18. The molecule has 0 saturated heterocycles. The summed E-state index contributed by atoms with van der Waals surface area (Å²) in [6.45, 7) is 6.38. The van der Waals surface area contributed by atoms with E-state index in [-0.39, 0.29) is 31.6 Å². The molecule has 0 unspecified atom stereocenters. The van der Waals surface area contributed by atoms with Crippen molar-refractivity contribution in [3.05, 3.63) is 29.8 Å². The number of phenolic OH excluding ortho intramolecular Hbond substituents is 1. The summed E-state index contributed by atoms with van der Waals surface area (Å²) >= 11 is 0. The first-order chi connectivity index (χ1) is 5.00. The fourth-order valence-corrected chi connectivity index (χ4v) is 0.972. The van der Waals surface area contributed by atoms with E-state index >= 15 is 0 Å². The Balaban J connectivity index is 0.00000121. The summed E-state index contributed by atoms with van der Waals surface area (Å²) in [5, 5.41) is 9.18. The van der Waals surface area contributed by atoms with Crippen molar-refractivity contribution in [1.82, 2.24) is 0 Å². The zero-order valence-corrected chi connectivity index (χ0v) is 10.2. The topological polar surface area (TPSA) is 20.2 Å². The van der Waals surface area contributed by atoms with Gasteiger partial charge in [0.15, 0.2) is 0 Å². The summed E-state index contributed by atoms with van der Waals surface area (Å²) in [5.41, 5.74) is 1.29. The van der Waals surface area contributed by atoms with Gasteiger partial charge in [-0.2, -0.15) is 0 Å². The van der Waals surface area contributed by atoms with Crippen LogP contribution >= 0.6 is 0 Å². The van der Waals surface area contributed by atoms with Gasteiger partial charge in [-0.3, -0.25) is 0 Å². The molecule has 0 spiro atoms. The van der Waals surface area contributed by atoms with Crippen LogP contribution < -0.4 is 0 Å². The van der Waals surface area contributed by atoms with Crippen molar-refractivity contribution in [3.8, 4) is 5.75 Å². The Morgan fingerprint density at radius 3 is 2.08 bits per heavy atom. The first-order valence-corrected chi connectivity index (χ1v) is 3.79. The molecule has 0 atom stereocenters. The third-order valence-corrected chi connectivity index (χ3v) is 1.71. The standard InChI is InChI=1S/C10H14O.Zr/c1-10(2,3)8-5-4-6-9(11)7-8;/h4-7,11H,1-3H3;. The molecular weight excluding hydrogens is 227 g/mol. The Bertz CT molecular complexity index is 250. The molecule has 0 aliphatic heterocycles. The first kappa shape index (κ1) is 11.9. The molecular formula is C10H14OZr. The van der Waals surface area contributed by atoms with E-state index in [1.165, 1.54) is 0 Å². The van der Waals surface area contributed by atoms with Gasteiger partial charge in [0.05, 0.1) is 0 Å². The minimum atomic E-state index is 0. The molecule has 64 valence electrons. The monoisotopic (exact) mass is 240 g/mol. The number of benzene rings is 1. The fraction of sp³-hybridized carbons (Fsp3) is 0.400. The van der Waals surface area contributed by atoms with Crippen molar-refractivity contribution in [2.75, 3.05) is 0 Å². The molecule has 0 aromatic heterocycles. The van der Waals surface area contributed by atoms with E-state index in [9.17, 15) is 5.11 Å². The molecule has 0 radical (unpaired) electrons. The number of hydrogen-bond donors (Lipinski definition) is 1. The predicted molar refractivity (Wildman–Crippen MR) is 46.8 cm³/mol. The van der Waals surface area contributed by atoms with Crippen LogP contribution in [0.15, 0.2) is 24.3 Å². The second-order valence-corrected chi connectivity index (χ2v) is 3.80. The molecule has 0 saturated carbocycles. The van der Waals surface area contributed by atoms with Gasteiger partial charge in [0, 0.05) is 26.2 Å². The Kier molecular flexibility index (Phi) is 4.19. The van der Waals surface area contributed by atoms with Gasteiger partial charge in [0.25, 0.3) is 0 Å². The molecule has 1 aromatic carbocycles. The summed E-state index contributed by atoms with van der Waals surface area (Å²) in [7, 11) is 0. The van der Waals surface area contributed by atoms with Gasteiger partial charge in [-0.1, -0.05) is 32.9 Å². The molecule has 1 aromatic rings. The number of hydrogen-bond acceptors (Lipinski definition) is 1.